The van der Waals surface area contributed by atoms with Gasteiger partial charge in [-0.15, -0.1) is 20.4 Å². The fraction of sp³-hybridized carbons (Fsp3) is 0.556. The lowest BCUT2D eigenvalue weighted by atomic mass is 10.2. The van der Waals surface area contributed by atoms with Crippen molar-refractivity contribution in [1.29, 1.82) is 0 Å². The number of aromatic nitrogens is 4. The maximum absolute atomic E-state index is 11.9. The van der Waals surface area contributed by atoms with Gasteiger partial charge in [0.1, 0.15) is 10.0 Å². The molecule has 2 heterocycles. The van der Waals surface area contributed by atoms with E-state index in [1.165, 1.54) is 22.7 Å². The van der Waals surface area contributed by atoms with Crippen molar-refractivity contribution in [3.8, 4) is 0 Å². The highest BCUT2D eigenvalue weighted by atomic mass is 32.1. The zero-order chi connectivity index (χ0) is 21.2. The van der Waals surface area contributed by atoms with E-state index in [9.17, 15) is 9.59 Å². The smallest absolute Gasteiger partial charge is 0.240 e. The van der Waals surface area contributed by atoms with E-state index in [4.69, 9.17) is 0 Å². The molecule has 0 bridgehead atoms. The molecule has 0 aliphatic heterocycles. The van der Waals surface area contributed by atoms with Gasteiger partial charge < -0.3 is 10.2 Å². The molecule has 0 fully saturated rings. The number of hydrogen-bond acceptors (Lipinski definition) is 9. The molecule has 29 heavy (non-hydrogen) atoms. The lowest BCUT2D eigenvalue weighted by Gasteiger charge is -2.07. The van der Waals surface area contributed by atoms with Crippen molar-refractivity contribution < 1.29 is 9.59 Å². The monoisotopic (exact) mass is 437 g/mol. The maximum atomic E-state index is 11.9. The van der Waals surface area contributed by atoms with Crippen LogP contribution in [0.4, 0.5) is 10.3 Å². The second-order valence-electron chi connectivity index (χ2n) is 6.85. The Morgan fingerprint density at radius 1 is 0.931 bits per heavy atom. The quantitative estimate of drug-likeness (QED) is 0.410. The van der Waals surface area contributed by atoms with E-state index in [0.29, 0.717) is 23.2 Å². The number of hydrogen-bond donors (Lipinski definition) is 2. The molecule has 0 radical (unpaired) electrons. The lowest BCUT2D eigenvalue weighted by molar-refractivity contribution is -0.117. The van der Waals surface area contributed by atoms with E-state index in [-0.39, 0.29) is 11.8 Å². The molecule has 0 unspecified atom stereocenters. The third-order valence-corrected chi connectivity index (χ3v) is 5.65. The molecule has 0 spiro atoms. The van der Waals surface area contributed by atoms with Crippen molar-refractivity contribution in [2.45, 2.75) is 46.0 Å². The number of allylic oxidation sites excluding steroid dienone is 1. The van der Waals surface area contributed by atoms with Gasteiger partial charge in [0.25, 0.3) is 0 Å². The van der Waals surface area contributed by atoms with E-state index in [1.54, 1.807) is 4.90 Å². The first-order valence-electron chi connectivity index (χ1n) is 9.36. The Bertz CT molecular complexity index is 845. The van der Waals surface area contributed by atoms with E-state index >= 15 is 0 Å². The highest BCUT2D eigenvalue weighted by molar-refractivity contribution is 7.15. The standard InChI is InChI=1S/C18H27N7O2S2/c1-5-12(2)10-13(26)19-17-23-21-15(28-17)8-6-7-9-16-22-24-18(29-16)20-14(27)11-25(3)4/h5H,6-11H2,1-4H3,(H,19,23,26)(H,20,24,27)/b12-5+. The van der Waals surface area contributed by atoms with Gasteiger partial charge in [-0.3, -0.25) is 14.9 Å². The number of carbonyl (C=O) groups excluding carboxylic acids is 2. The number of aryl methyl sites for hydroxylation is 2. The summed E-state index contributed by atoms with van der Waals surface area (Å²) >= 11 is 2.81. The van der Waals surface area contributed by atoms with Crippen LogP contribution in [0.15, 0.2) is 11.6 Å². The average molecular weight is 438 g/mol. The van der Waals surface area contributed by atoms with Crippen LogP contribution in [-0.4, -0.2) is 57.7 Å². The third-order valence-electron chi connectivity index (χ3n) is 3.85. The van der Waals surface area contributed by atoms with Gasteiger partial charge in [0.15, 0.2) is 0 Å². The predicted molar refractivity (Wildman–Crippen MR) is 116 cm³/mol. The largest absolute Gasteiger partial charge is 0.301 e. The van der Waals surface area contributed by atoms with Gasteiger partial charge in [-0.1, -0.05) is 34.3 Å². The number of nitrogens with zero attached hydrogens (tertiary/aromatic N) is 5. The first-order chi connectivity index (χ1) is 13.9. The summed E-state index contributed by atoms with van der Waals surface area (Å²) in [7, 11) is 3.68. The van der Waals surface area contributed by atoms with Crippen molar-refractivity contribution in [3.05, 3.63) is 21.7 Å². The first kappa shape index (κ1) is 23.0. The van der Waals surface area contributed by atoms with Gasteiger partial charge in [0, 0.05) is 19.3 Å². The number of carbonyl (C=O) groups is 2. The molecule has 0 atom stereocenters. The minimum Gasteiger partial charge on any atom is -0.301 e. The van der Waals surface area contributed by atoms with Crippen LogP contribution in [0.1, 0.15) is 43.1 Å². The van der Waals surface area contributed by atoms with Crippen LogP contribution in [0.25, 0.3) is 0 Å². The Balaban J connectivity index is 1.69. The van der Waals surface area contributed by atoms with Crippen molar-refractivity contribution in [2.75, 3.05) is 31.3 Å². The molecule has 0 aliphatic carbocycles. The zero-order valence-corrected chi connectivity index (χ0v) is 18.8. The summed E-state index contributed by atoms with van der Waals surface area (Å²) in [6.45, 7) is 4.15. The second-order valence-corrected chi connectivity index (χ2v) is 8.98. The Labute approximate surface area is 178 Å². The summed E-state index contributed by atoms with van der Waals surface area (Å²) in [6, 6.07) is 0. The van der Waals surface area contributed by atoms with E-state index in [1.807, 2.05) is 34.0 Å². The van der Waals surface area contributed by atoms with Crippen LogP contribution in [0, 0.1) is 0 Å². The van der Waals surface area contributed by atoms with Crippen molar-refractivity contribution in [2.24, 2.45) is 0 Å². The number of amides is 2. The molecule has 2 amide bonds. The van der Waals surface area contributed by atoms with Crippen LogP contribution >= 0.6 is 22.7 Å². The molecule has 158 valence electrons. The van der Waals surface area contributed by atoms with Crippen molar-refractivity contribution in [1.82, 2.24) is 25.3 Å². The number of anilines is 2. The van der Waals surface area contributed by atoms with Crippen LogP contribution in [0.3, 0.4) is 0 Å². The summed E-state index contributed by atoms with van der Waals surface area (Å²) in [5, 5.41) is 24.7. The number of likely N-dealkylation sites (N-methyl/N-ethyl adjacent to an activating group) is 1. The van der Waals surface area contributed by atoms with Crippen LogP contribution in [0.2, 0.25) is 0 Å². The van der Waals surface area contributed by atoms with Gasteiger partial charge in [-0.2, -0.15) is 0 Å². The summed E-state index contributed by atoms with van der Waals surface area (Å²) in [5.74, 6) is -0.175. The molecule has 2 aromatic heterocycles. The second kappa shape index (κ2) is 11.7. The summed E-state index contributed by atoms with van der Waals surface area (Å²) in [6.07, 6.45) is 5.75. The fourth-order valence-corrected chi connectivity index (χ4v) is 3.92. The SMILES string of the molecule is C/C=C(\C)CC(=O)Nc1nnc(CCCCc2nnc(NC(=O)CN(C)C)s2)s1. The molecule has 2 aromatic rings. The van der Waals surface area contributed by atoms with Crippen LogP contribution < -0.4 is 10.6 Å². The highest BCUT2D eigenvalue weighted by Gasteiger charge is 2.10. The highest BCUT2D eigenvalue weighted by Crippen LogP contribution is 2.20. The van der Waals surface area contributed by atoms with Crippen LogP contribution in [0.5, 0.6) is 0 Å². The van der Waals surface area contributed by atoms with E-state index in [2.05, 4.69) is 31.0 Å². The van der Waals surface area contributed by atoms with Gasteiger partial charge in [-0.05, 0) is 40.8 Å². The van der Waals surface area contributed by atoms with E-state index in [0.717, 1.165) is 41.3 Å². The Morgan fingerprint density at radius 3 is 1.93 bits per heavy atom. The summed E-state index contributed by atoms with van der Waals surface area (Å²) in [4.78, 5) is 25.4. The topological polar surface area (TPSA) is 113 Å². The maximum Gasteiger partial charge on any atom is 0.240 e. The summed E-state index contributed by atoms with van der Waals surface area (Å²) in [5.41, 5.74) is 1.02. The number of rotatable bonds is 11. The van der Waals surface area contributed by atoms with Crippen LogP contribution in [-0.2, 0) is 22.4 Å². The van der Waals surface area contributed by atoms with Crippen molar-refractivity contribution in [3.63, 3.8) is 0 Å². The molecule has 2 rings (SSSR count). The fourth-order valence-electron chi connectivity index (χ4n) is 2.33. The molecule has 0 aromatic carbocycles. The van der Waals surface area contributed by atoms with Gasteiger partial charge in [-0.25, -0.2) is 0 Å². The molecule has 0 saturated carbocycles. The summed E-state index contributed by atoms with van der Waals surface area (Å²) < 4.78 is 0. The minimum absolute atomic E-state index is 0.0759. The van der Waals surface area contributed by atoms with Crippen molar-refractivity contribution >= 4 is 44.8 Å². The van der Waals surface area contributed by atoms with Gasteiger partial charge >= 0.3 is 0 Å². The average Bonchev–Trinajstić information content (AvgIpc) is 3.27. The molecular weight excluding hydrogens is 410 g/mol. The number of nitrogens with one attached hydrogen (secondary N) is 2. The molecule has 9 nitrogen and oxygen atoms in total. The molecule has 11 heteroatoms. The Hall–Kier alpha value is -2.24. The zero-order valence-electron chi connectivity index (χ0n) is 17.2. The van der Waals surface area contributed by atoms with E-state index < -0.39 is 0 Å². The first-order valence-corrected chi connectivity index (χ1v) is 11.0. The molecule has 0 saturated heterocycles. The normalized spacial score (nSPS) is 11.7. The van der Waals surface area contributed by atoms with Gasteiger partial charge in [0.05, 0.1) is 6.54 Å². The van der Waals surface area contributed by atoms with Gasteiger partial charge in [0.2, 0.25) is 22.1 Å². The molecule has 0 aliphatic rings. The Kier molecular flexibility index (Phi) is 9.29. The molecule has 2 N–H and O–H groups in total. The lowest BCUT2D eigenvalue weighted by Crippen LogP contribution is -2.26. The Morgan fingerprint density at radius 2 is 1.45 bits per heavy atom. The minimum atomic E-state index is -0.0993. The third kappa shape index (κ3) is 8.75. The number of unbranched alkanes of at least 4 members (excludes halogenated alkanes) is 1. The molecular formula is C18H27N7O2S2. The predicted octanol–water partition coefficient (Wildman–Crippen LogP) is 2.75.